The van der Waals surface area contributed by atoms with Crippen LogP contribution in [0.5, 0.6) is 0 Å². The van der Waals surface area contributed by atoms with E-state index in [4.69, 9.17) is 10.2 Å². The van der Waals surface area contributed by atoms with Crippen LogP contribution in [0, 0.1) is 0 Å². The van der Waals surface area contributed by atoms with E-state index in [1.807, 2.05) is 17.9 Å². The number of aryl methyl sites for hydroxylation is 1. The van der Waals surface area contributed by atoms with Gasteiger partial charge in [-0.2, -0.15) is 0 Å². The summed E-state index contributed by atoms with van der Waals surface area (Å²) in [6.45, 7) is 4.63. The third kappa shape index (κ3) is 2.43. The molecule has 2 heterocycles. The van der Waals surface area contributed by atoms with Gasteiger partial charge in [0.25, 0.3) is 5.91 Å². The highest BCUT2D eigenvalue weighted by atomic mass is 16.4. The molecule has 1 saturated heterocycles. The standard InChI is InChI=1S/C14H22N2O2/c1-3-12-7-8-13(18-12)14(17)16-10(2)5-4-6-11(16)9-15/h7-8,10-11H,3-6,9,15H2,1-2H3. The second kappa shape index (κ2) is 5.57. The van der Waals surface area contributed by atoms with Crippen molar-refractivity contribution in [2.24, 2.45) is 5.73 Å². The molecule has 0 radical (unpaired) electrons. The minimum atomic E-state index is -0.0163. The number of nitrogens with zero attached hydrogens (tertiary/aromatic N) is 1. The first-order valence-corrected chi connectivity index (χ1v) is 6.78. The van der Waals surface area contributed by atoms with E-state index in [1.54, 1.807) is 6.07 Å². The molecule has 1 fully saturated rings. The molecule has 18 heavy (non-hydrogen) atoms. The molecule has 0 spiro atoms. The second-order valence-corrected chi connectivity index (χ2v) is 5.00. The first-order valence-electron chi connectivity index (χ1n) is 6.78. The number of piperidine rings is 1. The number of furan rings is 1. The molecule has 2 rings (SSSR count). The topological polar surface area (TPSA) is 59.5 Å². The Morgan fingerprint density at radius 3 is 2.89 bits per heavy atom. The average molecular weight is 250 g/mol. The van der Waals surface area contributed by atoms with Gasteiger partial charge in [-0.05, 0) is 38.3 Å². The summed E-state index contributed by atoms with van der Waals surface area (Å²) in [6, 6.07) is 4.04. The lowest BCUT2D eigenvalue weighted by Crippen LogP contribution is -2.51. The largest absolute Gasteiger partial charge is 0.456 e. The number of likely N-dealkylation sites (tertiary alicyclic amines) is 1. The number of amides is 1. The zero-order valence-corrected chi connectivity index (χ0v) is 11.2. The number of carbonyl (C=O) groups is 1. The van der Waals surface area contributed by atoms with Crippen LogP contribution >= 0.6 is 0 Å². The Labute approximate surface area is 108 Å². The van der Waals surface area contributed by atoms with Crippen LogP contribution in [-0.4, -0.2) is 29.4 Å². The van der Waals surface area contributed by atoms with Gasteiger partial charge in [-0.1, -0.05) is 6.92 Å². The molecule has 100 valence electrons. The van der Waals surface area contributed by atoms with Crippen molar-refractivity contribution in [3.63, 3.8) is 0 Å². The normalized spacial score (nSPS) is 24.3. The number of hydrogen-bond donors (Lipinski definition) is 1. The Kier molecular flexibility index (Phi) is 4.07. The van der Waals surface area contributed by atoms with Gasteiger partial charge in [0.05, 0.1) is 0 Å². The van der Waals surface area contributed by atoms with Crippen LogP contribution in [-0.2, 0) is 6.42 Å². The molecule has 1 amide bonds. The highest BCUT2D eigenvalue weighted by Crippen LogP contribution is 2.25. The molecule has 0 aliphatic carbocycles. The van der Waals surface area contributed by atoms with Gasteiger partial charge < -0.3 is 15.1 Å². The maximum atomic E-state index is 12.5. The molecule has 0 aromatic carbocycles. The third-order valence-electron chi connectivity index (χ3n) is 3.75. The van der Waals surface area contributed by atoms with Crippen LogP contribution in [0.2, 0.25) is 0 Å². The summed E-state index contributed by atoms with van der Waals surface area (Å²) < 4.78 is 5.56. The fraction of sp³-hybridized carbons (Fsp3) is 0.643. The quantitative estimate of drug-likeness (QED) is 0.894. The van der Waals surface area contributed by atoms with E-state index in [0.717, 1.165) is 31.4 Å². The molecular weight excluding hydrogens is 228 g/mol. The Balaban J connectivity index is 2.19. The van der Waals surface area contributed by atoms with Gasteiger partial charge in [-0.25, -0.2) is 0 Å². The number of carbonyl (C=O) groups excluding carboxylic acids is 1. The van der Waals surface area contributed by atoms with E-state index in [2.05, 4.69) is 6.92 Å². The fourth-order valence-corrected chi connectivity index (χ4v) is 2.69. The Hall–Kier alpha value is -1.29. The minimum absolute atomic E-state index is 0.0163. The van der Waals surface area contributed by atoms with Crippen molar-refractivity contribution in [3.8, 4) is 0 Å². The highest BCUT2D eigenvalue weighted by molar-refractivity contribution is 5.92. The molecule has 1 aromatic rings. The van der Waals surface area contributed by atoms with Gasteiger partial charge in [0.15, 0.2) is 5.76 Å². The van der Waals surface area contributed by atoms with Crippen molar-refractivity contribution >= 4 is 5.91 Å². The molecule has 0 bridgehead atoms. The van der Waals surface area contributed by atoms with Crippen LogP contribution in [0.1, 0.15) is 49.4 Å². The zero-order valence-electron chi connectivity index (χ0n) is 11.2. The summed E-state index contributed by atoms with van der Waals surface area (Å²) in [6.07, 6.45) is 3.99. The van der Waals surface area contributed by atoms with Crippen LogP contribution in [0.15, 0.2) is 16.5 Å². The van der Waals surface area contributed by atoms with Gasteiger partial charge in [0, 0.05) is 25.0 Å². The van der Waals surface area contributed by atoms with Crippen molar-refractivity contribution in [1.82, 2.24) is 4.90 Å². The van der Waals surface area contributed by atoms with Crippen molar-refractivity contribution in [2.75, 3.05) is 6.54 Å². The van der Waals surface area contributed by atoms with Crippen molar-refractivity contribution in [1.29, 1.82) is 0 Å². The Morgan fingerprint density at radius 2 is 2.28 bits per heavy atom. The molecule has 2 unspecified atom stereocenters. The highest BCUT2D eigenvalue weighted by Gasteiger charge is 2.32. The smallest absolute Gasteiger partial charge is 0.290 e. The number of hydrogen-bond acceptors (Lipinski definition) is 3. The Bertz CT molecular complexity index is 414. The van der Waals surface area contributed by atoms with Crippen LogP contribution < -0.4 is 5.73 Å². The first-order chi connectivity index (χ1) is 8.67. The number of nitrogens with two attached hydrogens (primary N) is 1. The Morgan fingerprint density at radius 1 is 1.50 bits per heavy atom. The van der Waals surface area contributed by atoms with Gasteiger partial charge in [-0.3, -0.25) is 4.79 Å². The van der Waals surface area contributed by atoms with Gasteiger partial charge >= 0.3 is 0 Å². The summed E-state index contributed by atoms with van der Waals surface area (Å²) in [5, 5.41) is 0. The predicted octanol–water partition coefficient (Wildman–Crippen LogP) is 2.18. The lowest BCUT2D eigenvalue weighted by Gasteiger charge is -2.39. The lowest BCUT2D eigenvalue weighted by molar-refractivity contribution is 0.0460. The summed E-state index contributed by atoms with van der Waals surface area (Å²) in [5.74, 6) is 1.28. The van der Waals surface area contributed by atoms with Crippen molar-refractivity contribution in [2.45, 2.75) is 51.6 Å². The first kappa shape index (κ1) is 13.1. The average Bonchev–Trinajstić information content (AvgIpc) is 2.86. The third-order valence-corrected chi connectivity index (χ3v) is 3.75. The van der Waals surface area contributed by atoms with Gasteiger partial charge in [-0.15, -0.1) is 0 Å². The SMILES string of the molecule is CCc1ccc(C(=O)N2C(C)CCCC2CN)o1. The fourth-order valence-electron chi connectivity index (χ4n) is 2.69. The minimum Gasteiger partial charge on any atom is -0.456 e. The number of rotatable bonds is 3. The molecule has 4 heteroatoms. The van der Waals surface area contributed by atoms with Crippen LogP contribution in [0.4, 0.5) is 0 Å². The van der Waals surface area contributed by atoms with Crippen LogP contribution in [0.3, 0.4) is 0 Å². The monoisotopic (exact) mass is 250 g/mol. The molecule has 1 aliphatic rings. The molecular formula is C14H22N2O2. The van der Waals surface area contributed by atoms with E-state index in [0.29, 0.717) is 12.3 Å². The summed E-state index contributed by atoms with van der Waals surface area (Å²) in [5.41, 5.74) is 5.78. The van der Waals surface area contributed by atoms with Crippen molar-refractivity contribution < 1.29 is 9.21 Å². The molecule has 4 nitrogen and oxygen atoms in total. The second-order valence-electron chi connectivity index (χ2n) is 5.00. The maximum Gasteiger partial charge on any atom is 0.290 e. The van der Waals surface area contributed by atoms with Crippen LogP contribution in [0.25, 0.3) is 0 Å². The lowest BCUT2D eigenvalue weighted by atomic mass is 9.96. The maximum absolute atomic E-state index is 12.5. The van der Waals surface area contributed by atoms with Gasteiger partial charge in [0.1, 0.15) is 5.76 Å². The van der Waals surface area contributed by atoms with E-state index in [1.165, 1.54) is 0 Å². The summed E-state index contributed by atoms with van der Waals surface area (Å²) in [4.78, 5) is 14.4. The molecule has 1 aromatic heterocycles. The molecule has 1 aliphatic heterocycles. The van der Waals surface area contributed by atoms with E-state index >= 15 is 0 Å². The van der Waals surface area contributed by atoms with Crippen molar-refractivity contribution in [3.05, 3.63) is 23.7 Å². The summed E-state index contributed by atoms with van der Waals surface area (Å²) in [7, 11) is 0. The van der Waals surface area contributed by atoms with E-state index in [-0.39, 0.29) is 18.0 Å². The predicted molar refractivity (Wildman–Crippen MR) is 70.4 cm³/mol. The molecule has 0 saturated carbocycles. The van der Waals surface area contributed by atoms with E-state index in [9.17, 15) is 4.79 Å². The summed E-state index contributed by atoms with van der Waals surface area (Å²) >= 11 is 0. The van der Waals surface area contributed by atoms with Gasteiger partial charge in [0.2, 0.25) is 0 Å². The molecule has 2 N–H and O–H groups in total. The molecule has 2 atom stereocenters. The zero-order chi connectivity index (χ0) is 13.1. The van der Waals surface area contributed by atoms with E-state index < -0.39 is 0 Å².